The van der Waals surface area contributed by atoms with Crippen molar-refractivity contribution in [3.05, 3.63) is 59.7 Å². The molecule has 0 saturated carbocycles. The molecule has 2 aromatic carbocycles. The number of aryl methyl sites for hydroxylation is 2. The fourth-order valence-electron chi connectivity index (χ4n) is 6.69. The van der Waals surface area contributed by atoms with Gasteiger partial charge in [-0.2, -0.15) is 0 Å². The van der Waals surface area contributed by atoms with Crippen molar-refractivity contribution in [1.82, 2.24) is 0 Å². The summed E-state index contributed by atoms with van der Waals surface area (Å²) in [6, 6.07) is 16.5. The molecule has 1 aliphatic heterocycles. The molecule has 45 heavy (non-hydrogen) atoms. The molecule has 0 atom stereocenters. The highest BCUT2D eigenvalue weighted by atomic mass is 16.5. The molecule has 1 N–H and O–H groups in total. The normalized spacial score (nSPS) is 15.9. The van der Waals surface area contributed by atoms with Crippen LogP contribution in [-0.2, 0) is 17.6 Å². The van der Waals surface area contributed by atoms with Crippen LogP contribution in [-0.4, -0.2) is 37.1 Å². The molecule has 0 saturated heterocycles. The molecule has 2 aromatic rings. The van der Waals surface area contributed by atoms with Gasteiger partial charge >= 0.3 is 0 Å². The Hall–Kier alpha value is -2.04. The number of rotatable bonds is 19. The summed E-state index contributed by atoms with van der Waals surface area (Å²) in [5.41, 5.74) is 1.64. The molecule has 0 unspecified atom stereocenters. The molecule has 0 bridgehead atoms. The molecule has 0 radical (unpaired) electrons. The van der Waals surface area contributed by atoms with Crippen LogP contribution in [0.1, 0.15) is 153 Å². The Labute approximate surface area is 276 Å². The molecule has 4 heteroatoms. The van der Waals surface area contributed by atoms with Crippen molar-refractivity contribution in [3.63, 3.8) is 0 Å². The Bertz CT molecular complexity index is 933. The number of aliphatic hydroxyl groups is 1. The van der Waals surface area contributed by atoms with E-state index in [0.717, 1.165) is 50.0 Å². The lowest BCUT2D eigenvalue weighted by molar-refractivity contribution is 0.0118. The smallest absolute Gasteiger partial charge is 0.122 e. The minimum atomic E-state index is -0.699. The maximum atomic E-state index is 12.0. The Morgan fingerprint density at radius 1 is 0.511 bits per heavy atom. The quantitative estimate of drug-likeness (QED) is 0.158. The summed E-state index contributed by atoms with van der Waals surface area (Å²) in [5, 5.41) is 12.0. The Morgan fingerprint density at radius 2 is 0.889 bits per heavy atom. The number of benzene rings is 2. The highest BCUT2D eigenvalue weighted by Crippen LogP contribution is 2.31. The van der Waals surface area contributed by atoms with Gasteiger partial charge in [-0.3, -0.25) is 0 Å². The van der Waals surface area contributed by atoms with Gasteiger partial charge in [0.15, 0.2) is 0 Å². The van der Waals surface area contributed by atoms with Gasteiger partial charge in [0.05, 0.1) is 18.8 Å². The first kappa shape index (κ1) is 37.4. The number of ether oxygens (including phenoxy) is 3. The maximum absolute atomic E-state index is 12.0. The molecule has 0 amide bonds. The lowest BCUT2D eigenvalue weighted by atomic mass is 9.84. The maximum Gasteiger partial charge on any atom is 0.122 e. The van der Waals surface area contributed by atoms with Gasteiger partial charge in [-0.1, -0.05) is 159 Å². The zero-order chi connectivity index (χ0) is 31.7. The topological polar surface area (TPSA) is 47.9 Å². The summed E-state index contributed by atoms with van der Waals surface area (Å²) < 4.78 is 17.9. The Morgan fingerprint density at radius 3 is 1.31 bits per heavy atom. The number of hydrogen-bond donors (Lipinski definition) is 1. The first-order valence-corrected chi connectivity index (χ1v) is 18.9. The average Bonchev–Trinajstić information content (AvgIpc) is 3.06. The van der Waals surface area contributed by atoms with Crippen LogP contribution >= 0.6 is 0 Å². The second-order valence-electron chi connectivity index (χ2n) is 13.5. The van der Waals surface area contributed by atoms with Crippen molar-refractivity contribution in [2.24, 2.45) is 0 Å². The third-order valence-electron chi connectivity index (χ3n) is 9.63. The number of unbranched alkanes of at least 4 members (excludes halogenated alkanes) is 17. The predicted molar refractivity (Wildman–Crippen MR) is 190 cm³/mol. The monoisotopic (exact) mass is 622 g/mol. The summed E-state index contributed by atoms with van der Waals surface area (Å²) in [4.78, 5) is 0. The van der Waals surface area contributed by atoms with E-state index in [-0.39, 0.29) is 0 Å². The Balaban J connectivity index is 1.34. The van der Waals surface area contributed by atoms with Crippen molar-refractivity contribution < 1.29 is 19.3 Å². The van der Waals surface area contributed by atoms with Crippen molar-refractivity contribution in [2.45, 2.75) is 160 Å². The van der Waals surface area contributed by atoms with E-state index in [2.05, 4.69) is 31.2 Å². The molecule has 3 rings (SSSR count). The lowest BCUT2D eigenvalue weighted by Crippen LogP contribution is -2.30. The summed E-state index contributed by atoms with van der Waals surface area (Å²) >= 11 is 0. The molecule has 0 aliphatic carbocycles. The molecule has 0 fully saturated rings. The molecule has 254 valence electrons. The van der Waals surface area contributed by atoms with Crippen LogP contribution in [0.5, 0.6) is 11.5 Å². The molecule has 1 heterocycles. The van der Waals surface area contributed by atoms with Gasteiger partial charge in [0.2, 0.25) is 0 Å². The van der Waals surface area contributed by atoms with E-state index in [4.69, 9.17) is 14.2 Å². The molecule has 4 nitrogen and oxygen atoms in total. The van der Waals surface area contributed by atoms with Crippen LogP contribution in [0.2, 0.25) is 0 Å². The molecular weight excluding hydrogens is 556 g/mol. The SMILES string of the molecule is CCCCCCCCCCCCCCCCCCCCC1(O)CCc2ccccc2OCCOCCOc2ccccc2CC1. The van der Waals surface area contributed by atoms with E-state index in [1.54, 1.807) is 0 Å². The molecule has 0 spiro atoms. The first-order chi connectivity index (χ1) is 22.2. The standard InChI is InChI=1S/C41H66O4/c1-2-3-4-5-6-7-8-9-10-11-12-13-14-15-16-17-18-23-30-41(42)31-28-37-24-19-21-26-39(37)44-35-33-43-34-36-45-40-27-22-20-25-38(40)29-32-41/h19-22,24-27,42H,2-18,23,28-36H2,1H3. The summed E-state index contributed by atoms with van der Waals surface area (Å²) in [5.74, 6) is 1.82. The minimum Gasteiger partial charge on any atom is -0.491 e. The summed E-state index contributed by atoms with van der Waals surface area (Å²) in [6.45, 7) is 4.38. The minimum absolute atomic E-state index is 0.511. The van der Waals surface area contributed by atoms with Crippen LogP contribution in [0.25, 0.3) is 0 Å². The number of hydrogen-bond acceptors (Lipinski definition) is 4. The van der Waals surface area contributed by atoms with Crippen molar-refractivity contribution in [1.29, 1.82) is 0 Å². The largest absolute Gasteiger partial charge is 0.491 e. The second-order valence-corrected chi connectivity index (χ2v) is 13.5. The van der Waals surface area contributed by atoms with E-state index < -0.39 is 5.60 Å². The van der Waals surface area contributed by atoms with Gasteiger partial charge in [0, 0.05) is 0 Å². The van der Waals surface area contributed by atoms with Gasteiger partial charge in [-0.25, -0.2) is 0 Å². The van der Waals surface area contributed by atoms with E-state index in [1.165, 1.54) is 120 Å². The fraction of sp³-hybridized carbons (Fsp3) is 0.707. The third kappa shape index (κ3) is 16.9. The zero-order valence-corrected chi connectivity index (χ0v) is 28.9. The predicted octanol–water partition coefficient (Wildman–Crippen LogP) is 11.2. The summed E-state index contributed by atoms with van der Waals surface area (Å²) in [7, 11) is 0. The Kier molecular flexibility index (Phi) is 20.1. The highest BCUT2D eigenvalue weighted by Gasteiger charge is 2.27. The van der Waals surface area contributed by atoms with Crippen molar-refractivity contribution >= 4 is 0 Å². The number of para-hydroxylation sites is 2. The zero-order valence-electron chi connectivity index (χ0n) is 28.9. The van der Waals surface area contributed by atoms with Gasteiger partial charge in [0.1, 0.15) is 24.7 Å². The van der Waals surface area contributed by atoms with E-state index in [9.17, 15) is 5.11 Å². The van der Waals surface area contributed by atoms with Crippen molar-refractivity contribution in [3.8, 4) is 11.5 Å². The third-order valence-corrected chi connectivity index (χ3v) is 9.63. The van der Waals surface area contributed by atoms with E-state index >= 15 is 0 Å². The van der Waals surface area contributed by atoms with Gasteiger partial charge < -0.3 is 19.3 Å². The van der Waals surface area contributed by atoms with E-state index in [1.807, 2.05) is 24.3 Å². The van der Waals surface area contributed by atoms with E-state index in [0.29, 0.717) is 26.4 Å². The van der Waals surface area contributed by atoms with Crippen molar-refractivity contribution in [2.75, 3.05) is 26.4 Å². The van der Waals surface area contributed by atoms with Gasteiger partial charge in [-0.05, 0) is 55.4 Å². The second kappa shape index (κ2) is 24.2. The molecular formula is C41H66O4. The van der Waals surface area contributed by atoms with Crippen LogP contribution in [0, 0.1) is 0 Å². The first-order valence-electron chi connectivity index (χ1n) is 18.9. The van der Waals surface area contributed by atoms with Gasteiger partial charge in [-0.15, -0.1) is 0 Å². The average molecular weight is 623 g/mol. The molecule has 1 aliphatic rings. The van der Waals surface area contributed by atoms with Gasteiger partial charge in [0.25, 0.3) is 0 Å². The van der Waals surface area contributed by atoms with Crippen LogP contribution in [0.4, 0.5) is 0 Å². The van der Waals surface area contributed by atoms with Crippen LogP contribution < -0.4 is 9.47 Å². The highest BCUT2D eigenvalue weighted by molar-refractivity contribution is 5.34. The van der Waals surface area contributed by atoms with Crippen LogP contribution in [0.15, 0.2) is 48.5 Å². The van der Waals surface area contributed by atoms with Crippen LogP contribution in [0.3, 0.4) is 0 Å². The number of fused-ring (bicyclic) bond motifs is 2. The summed E-state index contributed by atoms with van der Waals surface area (Å²) in [6.07, 6.45) is 28.7. The lowest BCUT2D eigenvalue weighted by Gasteiger charge is -2.29. The molecule has 0 aromatic heterocycles. The fourth-order valence-corrected chi connectivity index (χ4v) is 6.69.